The summed E-state index contributed by atoms with van der Waals surface area (Å²) in [5.41, 5.74) is 5.09. The van der Waals surface area contributed by atoms with Crippen LogP contribution in [0.15, 0.2) is 5.16 Å². The standard InChI is InChI=1S/C9H16N4OS/c1-4-8-11-12-9(13(8)6(2)3)15-5-7(10)14/h6H,4-5H2,1-3H3,(H2,10,14). The van der Waals surface area contributed by atoms with Gasteiger partial charge in [-0.3, -0.25) is 4.79 Å². The summed E-state index contributed by atoms with van der Waals surface area (Å²) in [5, 5.41) is 8.89. The van der Waals surface area contributed by atoms with Crippen LogP contribution in [0, 0.1) is 0 Å². The predicted octanol–water partition coefficient (Wildman–Crippen LogP) is 0.999. The molecule has 0 saturated heterocycles. The lowest BCUT2D eigenvalue weighted by molar-refractivity contribution is -0.115. The van der Waals surface area contributed by atoms with Crippen LogP contribution in [0.2, 0.25) is 0 Å². The van der Waals surface area contributed by atoms with Gasteiger partial charge in [-0.15, -0.1) is 10.2 Å². The van der Waals surface area contributed by atoms with E-state index in [4.69, 9.17) is 5.73 Å². The molecule has 1 aromatic heterocycles. The van der Waals surface area contributed by atoms with Crippen LogP contribution in [0.3, 0.4) is 0 Å². The monoisotopic (exact) mass is 228 g/mol. The van der Waals surface area contributed by atoms with Crippen molar-refractivity contribution in [3.05, 3.63) is 5.82 Å². The van der Waals surface area contributed by atoms with Gasteiger partial charge in [0.15, 0.2) is 5.16 Å². The minimum atomic E-state index is -0.337. The number of nitrogens with two attached hydrogens (primary N) is 1. The van der Waals surface area contributed by atoms with Gasteiger partial charge in [0.25, 0.3) is 0 Å². The van der Waals surface area contributed by atoms with E-state index >= 15 is 0 Å². The van der Waals surface area contributed by atoms with Crippen molar-refractivity contribution in [2.75, 3.05) is 5.75 Å². The molecule has 1 rings (SSSR count). The molecule has 0 radical (unpaired) electrons. The summed E-state index contributed by atoms with van der Waals surface area (Å²) < 4.78 is 2.04. The first-order valence-electron chi connectivity index (χ1n) is 4.91. The predicted molar refractivity (Wildman–Crippen MR) is 59.7 cm³/mol. The zero-order valence-electron chi connectivity index (χ0n) is 9.23. The zero-order valence-corrected chi connectivity index (χ0v) is 10.0. The number of carbonyl (C=O) groups is 1. The fourth-order valence-corrected chi connectivity index (χ4v) is 2.13. The largest absolute Gasteiger partial charge is 0.369 e. The Bertz CT molecular complexity index is 348. The molecular formula is C9H16N4OS. The summed E-state index contributed by atoms with van der Waals surface area (Å²) in [6.45, 7) is 6.17. The van der Waals surface area contributed by atoms with Crippen molar-refractivity contribution in [1.29, 1.82) is 0 Å². The van der Waals surface area contributed by atoms with Crippen molar-refractivity contribution >= 4 is 17.7 Å². The molecule has 0 spiro atoms. The number of carbonyl (C=O) groups excluding carboxylic acids is 1. The number of amides is 1. The molecule has 0 atom stereocenters. The van der Waals surface area contributed by atoms with E-state index in [-0.39, 0.29) is 11.7 Å². The minimum Gasteiger partial charge on any atom is -0.369 e. The Morgan fingerprint density at radius 2 is 2.20 bits per heavy atom. The smallest absolute Gasteiger partial charge is 0.227 e. The fourth-order valence-electron chi connectivity index (χ4n) is 1.30. The van der Waals surface area contributed by atoms with Gasteiger partial charge < -0.3 is 10.3 Å². The van der Waals surface area contributed by atoms with Gasteiger partial charge in [0.2, 0.25) is 5.91 Å². The normalized spacial score (nSPS) is 10.9. The third kappa shape index (κ3) is 2.95. The number of rotatable bonds is 5. The second-order valence-corrected chi connectivity index (χ2v) is 4.41. The molecule has 2 N–H and O–H groups in total. The highest BCUT2D eigenvalue weighted by Crippen LogP contribution is 2.21. The van der Waals surface area contributed by atoms with Gasteiger partial charge in [0.05, 0.1) is 5.75 Å². The molecule has 0 aliphatic carbocycles. The van der Waals surface area contributed by atoms with E-state index in [0.29, 0.717) is 6.04 Å². The molecular weight excluding hydrogens is 212 g/mol. The molecule has 0 saturated carbocycles. The second-order valence-electron chi connectivity index (χ2n) is 3.47. The summed E-state index contributed by atoms with van der Waals surface area (Å²) in [6, 6.07) is 0.297. The van der Waals surface area contributed by atoms with Crippen LogP contribution in [-0.2, 0) is 11.2 Å². The van der Waals surface area contributed by atoms with Gasteiger partial charge in [-0.1, -0.05) is 18.7 Å². The van der Waals surface area contributed by atoms with Crippen LogP contribution in [-0.4, -0.2) is 26.4 Å². The van der Waals surface area contributed by atoms with Gasteiger partial charge in [-0.05, 0) is 13.8 Å². The molecule has 0 aliphatic rings. The quantitative estimate of drug-likeness (QED) is 0.763. The third-order valence-electron chi connectivity index (χ3n) is 1.91. The lowest BCUT2D eigenvalue weighted by Crippen LogP contribution is -2.14. The molecule has 0 fully saturated rings. The van der Waals surface area contributed by atoms with E-state index < -0.39 is 0 Å². The van der Waals surface area contributed by atoms with Gasteiger partial charge in [0.1, 0.15) is 5.82 Å². The van der Waals surface area contributed by atoms with Crippen LogP contribution in [0.1, 0.15) is 32.6 Å². The summed E-state index contributed by atoms with van der Waals surface area (Å²) in [4.78, 5) is 10.7. The SMILES string of the molecule is CCc1nnc(SCC(N)=O)n1C(C)C. The molecule has 6 heteroatoms. The van der Waals surface area contributed by atoms with E-state index in [1.165, 1.54) is 11.8 Å². The van der Waals surface area contributed by atoms with Crippen molar-refractivity contribution in [2.45, 2.75) is 38.4 Å². The first-order valence-corrected chi connectivity index (χ1v) is 5.89. The molecule has 84 valence electrons. The Hall–Kier alpha value is -1.04. The molecule has 0 aromatic carbocycles. The maximum Gasteiger partial charge on any atom is 0.227 e. The van der Waals surface area contributed by atoms with Crippen LogP contribution in [0.25, 0.3) is 0 Å². The summed E-state index contributed by atoms with van der Waals surface area (Å²) in [6.07, 6.45) is 0.836. The van der Waals surface area contributed by atoms with Gasteiger partial charge in [-0.25, -0.2) is 0 Å². The molecule has 0 aliphatic heterocycles. The van der Waals surface area contributed by atoms with Crippen molar-refractivity contribution < 1.29 is 4.79 Å². The number of primary amides is 1. The number of aryl methyl sites for hydroxylation is 1. The average Bonchev–Trinajstić information content (AvgIpc) is 2.57. The number of hydrogen-bond donors (Lipinski definition) is 1. The Morgan fingerprint density at radius 3 is 2.67 bits per heavy atom. The molecule has 0 unspecified atom stereocenters. The second kappa shape index (κ2) is 5.16. The maximum atomic E-state index is 10.7. The first-order chi connectivity index (χ1) is 7.06. The molecule has 15 heavy (non-hydrogen) atoms. The molecule has 1 amide bonds. The Morgan fingerprint density at radius 1 is 1.53 bits per heavy atom. The van der Waals surface area contributed by atoms with Crippen LogP contribution in [0.4, 0.5) is 0 Å². The van der Waals surface area contributed by atoms with Crippen molar-refractivity contribution in [1.82, 2.24) is 14.8 Å². The van der Waals surface area contributed by atoms with Crippen LogP contribution in [0.5, 0.6) is 0 Å². The van der Waals surface area contributed by atoms with E-state index in [9.17, 15) is 4.79 Å². The van der Waals surface area contributed by atoms with Gasteiger partial charge in [-0.2, -0.15) is 0 Å². The number of aromatic nitrogens is 3. The Balaban J connectivity index is 2.87. The van der Waals surface area contributed by atoms with E-state index in [1.54, 1.807) is 0 Å². The van der Waals surface area contributed by atoms with Crippen molar-refractivity contribution in [3.63, 3.8) is 0 Å². The zero-order chi connectivity index (χ0) is 11.4. The Kier molecular flexibility index (Phi) is 4.14. The molecule has 1 heterocycles. The topological polar surface area (TPSA) is 73.8 Å². The molecule has 5 nitrogen and oxygen atoms in total. The maximum absolute atomic E-state index is 10.7. The van der Waals surface area contributed by atoms with Crippen LogP contribution >= 0.6 is 11.8 Å². The number of thioether (sulfide) groups is 1. The van der Waals surface area contributed by atoms with E-state index in [1.807, 2.05) is 11.5 Å². The first kappa shape index (κ1) is 12.0. The summed E-state index contributed by atoms with van der Waals surface area (Å²) in [7, 11) is 0. The fraction of sp³-hybridized carbons (Fsp3) is 0.667. The lowest BCUT2D eigenvalue weighted by Gasteiger charge is -2.12. The van der Waals surface area contributed by atoms with Crippen molar-refractivity contribution in [3.8, 4) is 0 Å². The number of hydrogen-bond acceptors (Lipinski definition) is 4. The van der Waals surface area contributed by atoms with Crippen LogP contribution < -0.4 is 5.73 Å². The van der Waals surface area contributed by atoms with Gasteiger partial charge >= 0.3 is 0 Å². The summed E-state index contributed by atoms with van der Waals surface area (Å²) in [5.74, 6) is 0.850. The third-order valence-corrected chi connectivity index (χ3v) is 2.88. The molecule has 0 bridgehead atoms. The highest BCUT2D eigenvalue weighted by Gasteiger charge is 2.14. The highest BCUT2D eigenvalue weighted by molar-refractivity contribution is 7.99. The average molecular weight is 228 g/mol. The number of nitrogens with zero attached hydrogens (tertiary/aromatic N) is 3. The van der Waals surface area contributed by atoms with Crippen molar-refractivity contribution in [2.24, 2.45) is 5.73 Å². The highest BCUT2D eigenvalue weighted by atomic mass is 32.2. The van der Waals surface area contributed by atoms with E-state index in [0.717, 1.165) is 17.4 Å². The Labute approximate surface area is 93.4 Å². The minimum absolute atomic E-state index is 0.245. The molecule has 1 aromatic rings. The van der Waals surface area contributed by atoms with Gasteiger partial charge in [0, 0.05) is 12.5 Å². The van der Waals surface area contributed by atoms with E-state index in [2.05, 4.69) is 24.0 Å². The summed E-state index contributed by atoms with van der Waals surface area (Å²) >= 11 is 1.33. The lowest BCUT2D eigenvalue weighted by atomic mass is 10.3.